The molecule has 1 aromatic heterocycles. The zero-order chi connectivity index (χ0) is 18.0. The highest BCUT2D eigenvalue weighted by molar-refractivity contribution is 5.95. The minimum Gasteiger partial charge on any atom is -0.472 e. The Balaban J connectivity index is 1.66. The molecule has 1 unspecified atom stereocenters. The highest BCUT2D eigenvalue weighted by atomic mass is 19.4. The number of pyridine rings is 1. The van der Waals surface area contributed by atoms with Gasteiger partial charge in [-0.15, -0.1) is 0 Å². The molecule has 0 aliphatic carbocycles. The van der Waals surface area contributed by atoms with Gasteiger partial charge in [-0.2, -0.15) is 13.2 Å². The molecule has 1 fully saturated rings. The molecule has 1 aromatic carbocycles. The number of carbonyl (C=O) groups excluding carboxylic acids is 1. The van der Waals surface area contributed by atoms with Crippen LogP contribution in [0, 0.1) is 6.92 Å². The summed E-state index contributed by atoms with van der Waals surface area (Å²) in [4.78, 5) is 18.0. The van der Waals surface area contributed by atoms with Crippen molar-refractivity contribution in [1.29, 1.82) is 0 Å². The fraction of sp³-hybridized carbons (Fsp3) is 0.333. The van der Waals surface area contributed by atoms with Crippen molar-refractivity contribution in [3.05, 3.63) is 59.3 Å². The molecule has 2 heterocycles. The Hall–Kier alpha value is -2.57. The summed E-state index contributed by atoms with van der Waals surface area (Å²) in [5.74, 6) is -0.175. The van der Waals surface area contributed by atoms with Crippen molar-refractivity contribution >= 4 is 5.91 Å². The molecule has 132 valence electrons. The van der Waals surface area contributed by atoms with Crippen molar-refractivity contribution in [1.82, 2.24) is 9.88 Å². The Morgan fingerprint density at radius 2 is 2.04 bits per heavy atom. The van der Waals surface area contributed by atoms with E-state index in [-0.39, 0.29) is 17.9 Å². The second-order valence-electron chi connectivity index (χ2n) is 5.98. The summed E-state index contributed by atoms with van der Waals surface area (Å²) in [6, 6.07) is 9.07. The predicted molar refractivity (Wildman–Crippen MR) is 85.4 cm³/mol. The zero-order valence-electron chi connectivity index (χ0n) is 13.6. The number of likely N-dealkylation sites (tertiary alicyclic amines) is 1. The van der Waals surface area contributed by atoms with Crippen LogP contribution in [0.25, 0.3) is 0 Å². The minimum absolute atomic E-state index is 0.0787. The molecule has 1 amide bonds. The Labute approximate surface area is 143 Å². The van der Waals surface area contributed by atoms with Crippen molar-refractivity contribution in [2.45, 2.75) is 25.6 Å². The van der Waals surface area contributed by atoms with E-state index in [4.69, 9.17) is 4.74 Å². The maximum absolute atomic E-state index is 12.7. The highest BCUT2D eigenvalue weighted by Crippen LogP contribution is 2.31. The van der Waals surface area contributed by atoms with Crippen LogP contribution in [-0.4, -0.2) is 35.0 Å². The Morgan fingerprint density at radius 3 is 2.76 bits per heavy atom. The van der Waals surface area contributed by atoms with Crippen molar-refractivity contribution in [3.8, 4) is 5.88 Å². The minimum atomic E-state index is -4.44. The fourth-order valence-electron chi connectivity index (χ4n) is 2.81. The first kappa shape index (κ1) is 17.3. The predicted octanol–water partition coefficient (Wildman–Crippen LogP) is 3.70. The smallest absolute Gasteiger partial charge is 0.416 e. The van der Waals surface area contributed by atoms with E-state index in [1.54, 1.807) is 17.0 Å². The van der Waals surface area contributed by atoms with Gasteiger partial charge in [-0.1, -0.05) is 18.2 Å². The van der Waals surface area contributed by atoms with Crippen molar-refractivity contribution in [2.75, 3.05) is 13.1 Å². The molecule has 1 saturated heterocycles. The average Bonchev–Trinajstić information content (AvgIpc) is 3.03. The zero-order valence-corrected chi connectivity index (χ0v) is 13.6. The number of carbonyl (C=O) groups is 1. The maximum atomic E-state index is 12.7. The molecular formula is C18H17F3N2O2. The SMILES string of the molecule is Cc1ccccc1C(=O)N1CCC(Oc2cc(C(F)(F)F)ccn2)C1. The summed E-state index contributed by atoms with van der Waals surface area (Å²) in [5, 5.41) is 0. The molecule has 1 aliphatic rings. The normalized spacial score (nSPS) is 17.6. The van der Waals surface area contributed by atoms with E-state index in [2.05, 4.69) is 4.98 Å². The second-order valence-corrected chi connectivity index (χ2v) is 5.98. The number of nitrogens with zero attached hydrogens (tertiary/aromatic N) is 2. The third kappa shape index (κ3) is 3.92. The number of benzene rings is 1. The van der Waals surface area contributed by atoms with E-state index in [0.29, 0.717) is 25.1 Å². The number of aryl methyl sites for hydroxylation is 1. The quantitative estimate of drug-likeness (QED) is 0.848. The monoisotopic (exact) mass is 350 g/mol. The third-order valence-electron chi connectivity index (χ3n) is 4.16. The van der Waals surface area contributed by atoms with Crippen LogP contribution < -0.4 is 4.74 Å². The second kappa shape index (κ2) is 6.74. The third-order valence-corrected chi connectivity index (χ3v) is 4.16. The standard InChI is InChI=1S/C18H17F3N2O2/c1-12-4-2-3-5-15(12)17(24)23-9-7-14(11-23)25-16-10-13(6-8-22-16)18(19,20)21/h2-6,8,10,14H,7,9,11H2,1H3. The van der Waals surface area contributed by atoms with Crippen LogP contribution in [0.1, 0.15) is 27.9 Å². The summed E-state index contributed by atoms with van der Waals surface area (Å²) < 4.78 is 43.8. The van der Waals surface area contributed by atoms with E-state index in [1.165, 1.54) is 0 Å². The number of alkyl halides is 3. The Morgan fingerprint density at radius 1 is 1.28 bits per heavy atom. The molecule has 7 heteroatoms. The van der Waals surface area contributed by atoms with Gasteiger partial charge in [-0.25, -0.2) is 4.98 Å². The van der Waals surface area contributed by atoms with Gasteiger partial charge in [0.05, 0.1) is 12.1 Å². The Kier molecular flexibility index (Phi) is 4.65. The number of hydrogen-bond donors (Lipinski definition) is 0. The van der Waals surface area contributed by atoms with Crippen LogP contribution in [0.3, 0.4) is 0 Å². The molecule has 0 radical (unpaired) electrons. The van der Waals surface area contributed by atoms with Gasteiger partial charge >= 0.3 is 6.18 Å². The largest absolute Gasteiger partial charge is 0.472 e. The number of aromatic nitrogens is 1. The molecule has 4 nitrogen and oxygen atoms in total. The molecule has 0 bridgehead atoms. The lowest BCUT2D eigenvalue weighted by atomic mass is 10.1. The van der Waals surface area contributed by atoms with Crippen molar-refractivity contribution in [3.63, 3.8) is 0 Å². The fourth-order valence-corrected chi connectivity index (χ4v) is 2.81. The lowest BCUT2D eigenvalue weighted by Crippen LogP contribution is -2.31. The van der Waals surface area contributed by atoms with Crippen LogP contribution in [-0.2, 0) is 6.18 Å². The van der Waals surface area contributed by atoms with Crippen molar-refractivity contribution in [2.24, 2.45) is 0 Å². The molecule has 3 rings (SSSR count). The van der Waals surface area contributed by atoms with E-state index in [0.717, 1.165) is 23.9 Å². The highest BCUT2D eigenvalue weighted by Gasteiger charge is 2.32. The van der Waals surface area contributed by atoms with Crippen molar-refractivity contribution < 1.29 is 22.7 Å². The van der Waals surface area contributed by atoms with Crippen LogP contribution >= 0.6 is 0 Å². The van der Waals surface area contributed by atoms with E-state index >= 15 is 0 Å². The van der Waals surface area contributed by atoms with E-state index in [1.807, 2.05) is 19.1 Å². The summed E-state index contributed by atoms with van der Waals surface area (Å²) in [7, 11) is 0. The molecule has 0 N–H and O–H groups in total. The molecular weight excluding hydrogens is 333 g/mol. The van der Waals surface area contributed by atoms with Gasteiger partial charge in [-0.05, 0) is 24.6 Å². The van der Waals surface area contributed by atoms with Gasteiger partial charge in [0.1, 0.15) is 6.10 Å². The van der Waals surface area contributed by atoms with E-state index < -0.39 is 11.7 Å². The number of ether oxygens (including phenoxy) is 1. The molecule has 0 saturated carbocycles. The molecule has 2 aromatic rings. The lowest BCUT2D eigenvalue weighted by Gasteiger charge is -2.18. The maximum Gasteiger partial charge on any atom is 0.416 e. The Bertz CT molecular complexity index is 777. The molecule has 1 aliphatic heterocycles. The van der Waals surface area contributed by atoms with Gasteiger partial charge < -0.3 is 9.64 Å². The first-order chi connectivity index (χ1) is 11.8. The van der Waals surface area contributed by atoms with Crippen LogP contribution in [0.15, 0.2) is 42.6 Å². The van der Waals surface area contributed by atoms with Gasteiger partial charge in [0.2, 0.25) is 5.88 Å². The van der Waals surface area contributed by atoms with Crippen LogP contribution in [0.4, 0.5) is 13.2 Å². The number of halogens is 3. The summed E-state index contributed by atoms with van der Waals surface area (Å²) in [6.45, 7) is 2.69. The number of amides is 1. The van der Waals surface area contributed by atoms with Gasteiger partial charge in [0, 0.05) is 30.8 Å². The topological polar surface area (TPSA) is 42.4 Å². The number of rotatable bonds is 3. The molecule has 1 atom stereocenters. The van der Waals surface area contributed by atoms with Gasteiger partial charge in [0.15, 0.2) is 0 Å². The lowest BCUT2D eigenvalue weighted by molar-refractivity contribution is -0.137. The number of hydrogen-bond acceptors (Lipinski definition) is 3. The van der Waals surface area contributed by atoms with Gasteiger partial charge in [-0.3, -0.25) is 4.79 Å². The average molecular weight is 350 g/mol. The van der Waals surface area contributed by atoms with Crippen LogP contribution in [0.5, 0.6) is 5.88 Å². The molecule has 25 heavy (non-hydrogen) atoms. The first-order valence-electron chi connectivity index (χ1n) is 7.89. The summed E-state index contributed by atoms with van der Waals surface area (Å²) in [6.07, 6.45) is -3.19. The summed E-state index contributed by atoms with van der Waals surface area (Å²) in [5.41, 5.74) is 0.708. The van der Waals surface area contributed by atoms with Gasteiger partial charge in [0.25, 0.3) is 5.91 Å². The van der Waals surface area contributed by atoms with Crippen LogP contribution in [0.2, 0.25) is 0 Å². The van der Waals surface area contributed by atoms with E-state index in [9.17, 15) is 18.0 Å². The first-order valence-corrected chi connectivity index (χ1v) is 7.89. The summed E-state index contributed by atoms with van der Waals surface area (Å²) >= 11 is 0. The molecule has 0 spiro atoms.